The van der Waals surface area contributed by atoms with Crippen molar-refractivity contribution in [3.05, 3.63) is 38.0 Å². The van der Waals surface area contributed by atoms with Gasteiger partial charge in [0, 0.05) is 29.6 Å². The largest absolute Gasteiger partial charge is 0.383 e. The molecular formula is C13H18N2OS2. The lowest BCUT2D eigenvalue weighted by Gasteiger charge is -2.16. The van der Waals surface area contributed by atoms with Crippen LogP contribution in [-0.4, -0.2) is 25.2 Å². The van der Waals surface area contributed by atoms with Gasteiger partial charge in [0.15, 0.2) is 0 Å². The zero-order valence-corrected chi connectivity index (χ0v) is 12.5. The summed E-state index contributed by atoms with van der Waals surface area (Å²) < 4.78 is 5.10. The number of ether oxygens (including phenoxy) is 1. The van der Waals surface area contributed by atoms with Gasteiger partial charge in [0.2, 0.25) is 0 Å². The molecule has 2 aromatic heterocycles. The van der Waals surface area contributed by atoms with Gasteiger partial charge in [-0.2, -0.15) is 0 Å². The zero-order valence-electron chi connectivity index (χ0n) is 10.9. The molecule has 18 heavy (non-hydrogen) atoms. The Hall–Kier alpha value is -0.750. The Morgan fingerprint density at radius 2 is 2.22 bits per heavy atom. The molecule has 0 bridgehead atoms. The van der Waals surface area contributed by atoms with E-state index in [0.29, 0.717) is 6.61 Å². The topological polar surface area (TPSA) is 34.1 Å². The first-order valence-corrected chi connectivity index (χ1v) is 7.66. The van der Waals surface area contributed by atoms with Crippen LogP contribution in [0.25, 0.3) is 0 Å². The summed E-state index contributed by atoms with van der Waals surface area (Å²) in [4.78, 5) is 5.96. The van der Waals surface area contributed by atoms with Crippen molar-refractivity contribution in [2.24, 2.45) is 0 Å². The highest BCUT2D eigenvalue weighted by atomic mass is 32.1. The molecule has 0 saturated carbocycles. The molecule has 0 spiro atoms. The van der Waals surface area contributed by atoms with Gasteiger partial charge in [-0.25, -0.2) is 4.98 Å². The lowest BCUT2D eigenvalue weighted by Crippen LogP contribution is -2.25. The molecule has 0 fully saturated rings. The summed E-state index contributed by atoms with van der Waals surface area (Å²) in [5, 5.41) is 8.90. The third kappa shape index (κ3) is 3.17. The Morgan fingerprint density at radius 1 is 1.39 bits per heavy atom. The Balaban J connectivity index is 2.20. The molecule has 2 rings (SSSR count). The molecule has 0 aliphatic carbocycles. The summed E-state index contributed by atoms with van der Waals surface area (Å²) in [6.45, 7) is 5.73. The van der Waals surface area contributed by atoms with E-state index in [9.17, 15) is 0 Å². The fourth-order valence-corrected chi connectivity index (χ4v) is 3.74. The van der Waals surface area contributed by atoms with Gasteiger partial charge in [0.05, 0.1) is 12.6 Å². The number of hydrogen-bond donors (Lipinski definition) is 1. The second-order valence-corrected chi connectivity index (χ2v) is 6.01. The van der Waals surface area contributed by atoms with Crippen molar-refractivity contribution in [2.75, 3.05) is 20.3 Å². The van der Waals surface area contributed by atoms with Crippen molar-refractivity contribution >= 4 is 22.7 Å². The van der Waals surface area contributed by atoms with Crippen LogP contribution in [0, 0.1) is 13.8 Å². The predicted molar refractivity (Wildman–Crippen MR) is 77.6 cm³/mol. The zero-order chi connectivity index (χ0) is 13.0. The maximum Gasteiger partial charge on any atom is 0.115 e. The average Bonchev–Trinajstić information content (AvgIpc) is 2.94. The monoisotopic (exact) mass is 282 g/mol. The number of thiophene rings is 1. The molecule has 0 aliphatic heterocycles. The molecular weight excluding hydrogens is 264 g/mol. The van der Waals surface area contributed by atoms with Gasteiger partial charge in [0.1, 0.15) is 5.01 Å². The van der Waals surface area contributed by atoms with E-state index in [1.54, 1.807) is 29.8 Å². The maximum absolute atomic E-state index is 5.10. The SMILES string of the molecule is COCCNC(c1nc(C)cs1)c1sccc1C. The van der Waals surface area contributed by atoms with Crippen molar-refractivity contribution in [3.8, 4) is 0 Å². The summed E-state index contributed by atoms with van der Waals surface area (Å²) in [5.74, 6) is 0. The number of aryl methyl sites for hydroxylation is 2. The van der Waals surface area contributed by atoms with Crippen molar-refractivity contribution in [3.63, 3.8) is 0 Å². The van der Waals surface area contributed by atoms with E-state index in [0.717, 1.165) is 17.2 Å². The average molecular weight is 282 g/mol. The molecule has 1 N–H and O–H groups in total. The molecule has 1 unspecified atom stereocenters. The van der Waals surface area contributed by atoms with Gasteiger partial charge < -0.3 is 10.1 Å². The number of nitrogens with zero attached hydrogens (tertiary/aromatic N) is 1. The predicted octanol–water partition coefficient (Wildman–Crippen LogP) is 3.15. The van der Waals surface area contributed by atoms with Crippen LogP contribution in [0.3, 0.4) is 0 Å². The molecule has 3 nitrogen and oxygen atoms in total. The fourth-order valence-electron chi connectivity index (χ4n) is 1.78. The Bertz CT molecular complexity index is 493. The van der Waals surface area contributed by atoms with Gasteiger partial charge >= 0.3 is 0 Å². The maximum atomic E-state index is 5.10. The van der Waals surface area contributed by atoms with E-state index < -0.39 is 0 Å². The van der Waals surface area contributed by atoms with Crippen LogP contribution in [0.5, 0.6) is 0 Å². The van der Waals surface area contributed by atoms with E-state index >= 15 is 0 Å². The van der Waals surface area contributed by atoms with E-state index in [1.165, 1.54) is 10.4 Å². The Labute approximate surface area is 116 Å². The highest BCUT2D eigenvalue weighted by Gasteiger charge is 2.19. The molecule has 0 saturated heterocycles. The molecule has 2 aromatic rings. The lowest BCUT2D eigenvalue weighted by atomic mass is 10.2. The van der Waals surface area contributed by atoms with Crippen LogP contribution in [0.2, 0.25) is 0 Å². The normalized spacial score (nSPS) is 12.8. The van der Waals surface area contributed by atoms with Crippen LogP contribution >= 0.6 is 22.7 Å². The van der Waals surface area contributed by atoms with E-state index in [1.807, 2.05) is 6.92 Å². The van der Waals surface area contributed by atoms with Crippen molar-refractivity contribution < 1.29 is 4.74 Å². The minimum atomic E-state index is 0.193. The fraction of sp³-hybridized carbons (Fsp3) is 0.462. The second-order valence-electron chi connectivity index (χ2n) is 4.17. The van der Waals surface area contributed by atoms with Crippen LogP contribution in [0.1, 0.15) is 27.2 Å². The molecule has 0 aromatic carbocycles. The van der Waals surface area contributed by atoms with Gasteiger partial charge in [-0.05, 0) is 30.9 Å². The summed E-state index contributed by atoms with van der Waals surface area (Å²) >= 11 is 3.50. The summed E-state index contributed by atoms with van der Waals surface area (Å²) in [7, 11) is 1.72. The smallest absolute Gasteiger partial charge is 0.115 e. The molecule has 0 amide bonds. The summed E-state index contributed by atoms with van der Waals surface area (Å²) in [6.07, 6.45) is 0. The Kier molecular flexibility index (Phi) is 4.88. The van der Waals surface area contributed by atoms with E-state index in [-0.39, 0.29) is 6.04 Å². The van der Waals surface area contributed by atoms with E-state index in [2.05, 4.69) is 34.1 Å². The highest BCUT2D eigenvalue weighted by Crippen LogP contribution is 2.31. The standard InChI is InChI=1S/C13H18N2OS2/c1-9-4-7-17-12(9)11(14-5-6-16-3)13-15-10(2)8-18-13/h4,7-8,11,14H,5-6H2,1-3H3. The number of rotatable bonds is 6. The molecule has 1 atom stereocenters. The third-order valence-corrected chi connectivity index (χ3v) is 4.81. The summed E-state index contributed by atoms with van der Waals surface area (Å²) in [5.41, 5.74) is 2.41. The summed E-state index contributed by atoms with van der Waals surface area (Å²) in [6, 6.07) is 2.35. The van der Waals surface area contributed by atoms with Gasteiger partial charge in [0.25, 0.3) is 0 Å². The second kappa shape index (κ2) is 6.43. The van der Waals surface area contributed by atoms with Gasteiger partial charge in [-0.15, -0.1) is 22.7 Å². The first-order valence-electron chi connectivity index (χ1n) is 5.90. The first kappa shape index (κ1) is 13.7. The van der Waals surface area contributed by atoms with Crippen molar-refractivity contribution in [2.45, 2.75) is 19.9 Å². The number of nitrogens with one attached hydrogen (secondary N) is 1. The van der Waals surface area contributed by atoms with Crippen LogP contribution < -0.4 is 5.32 Å². The first-order chi connectivity index (χ1) is 8.72. The lowest BCUT2D eigenvalue weighted by molar-refractivity contribution is 0.197. The molecule has 2 heterocycles. The number of thiazole rings is 1. The molecule has 0 radical (unpaired) electrons. The third-order valence-electron chi connectivity index (χ3n) is 2.70. The van der Waals surface area contributed by atoms with Gasteiger partial charge in [-0.3, -0.25) is 0 Å². The minimum absolute atomic E-state index is 0.193. The quantitative estimate of drug-likeness (QED) is 0.827. The highest BCUT2D eigenvalue weighted by molar-refractivity contribution is 7.11. The van der Waals surface area contributed by atoms with Gasteiger partial charge in [-0.1, -0.05) is 0 Å². The van der Waals surface area contributed by atoms with Crippen LogP contribution in [-0.2, 0) is 4.74 Å². The number of aromatic nitrogens is 1. The number of methoxy groups -OCH3 is 1. The van der Waals surface area contributed by atoms with Crippen molar-refractivity contribution in [1.29, 1.82) is 0 Å². The van der Waals surface area contributed by atoms with E-state index in [4.69, 9.17) is 4.74 Å². The minimum Gasteiger partial charge on any atom is -0.383 e. The molecule has 98 valence electrons. The van der Waals surface area contributed by atoms with Crippen LogP contribution in [0.4, 0.5) is 0 Å². The Morgan fingerprint density at radius 3 is 2.78 bits per heavy atom. The molecule has 5 heteroatoms. The van der Waals surface area contributed by atoms with Crippen molar-refractivity contribution in [1.82, 2.24) is 10.3 Å². The van der Waals surface area contributed by atoms with Crippen LogP contribution in [0.15, 0.2) is 16.8 Å². The molecule has 0 aliphatic rings. The number of hydrogen-bond acceptors (Lipinski definition) is 5.